The first-order chi connectivity index (χ1) is 10.3. The maximum atomic E-state index is 12.8. The molecule has 5 nitrogen and oxygen atoms in total. The van der Waals surface area contributed by atoms with E-state index in [1.54, 1.807) is 24.3 Å². The van der Waals surface area contributed by atoms with Gasteiger partial charge >= 0.3 is 0 Å². The van der Waals surface area contributed by atoms with Crippen LogP contribution in [0.5, 0.6) is 0 Å². The molecule has 1 amide bonds. The van der Waals surface area contributed by atoms with Gasteiger partial charge in [-0.2, -0.15) is 0 Å². The Hall–Kier alpha value is -2.25. The van der Waals surface area contributed by atoms with Crippen molar-refractivity contribution in [3.63, 3.8) is 0 Å². The molecule has 0 aliphatic carbocycles. The number of nitrogens with one attached hydrogen (secondary N) is 2. The molecule has 0 saturated carbocycles. The highest BCUT2D eigenvalue weighted by Crippen LogP contribution is 2.11. The number of amides is 1. The summed E-state index contributed by atoms with van der Waals surface area (Å²) in [5.41, 5.74) is 1.66. The number of benzene rings is 2. The van der Waals surface area contributed by atoms with Crippen molar-refractivity contribution >= 4 is 21.6 Å². The average molecular weight is 322 g/mol. The third-order valence-electron chi connectivity index (χ3n) is 2.86. The Balaban J connectivity index is 2.00. The number of rotatable bonds is 5. The Labute approximate surface area is 128 Å². The van der Waals surface area contributed by atoms with Crippen LogP contribution in [0, 0.1) is 5.82 Å². The minimum atomic E-state index is -3.25. The third kappa shape index (κ3) is 4.94. The molecule has 0 radical (unpaired) electrons. The third-order valence-corrected chi connectivity index (χ3v) is 3.53. The lowest BCUT2D eigenvalue weighted by Gasteiger charge is -2.07. The first kappa shape index (κ1) is 16.1. The van der Waals surface area contributed by atoms with Crippen molar-refractivity contribution in [3.05, 3.63) is 65.5 Å². The fraction of sp³-hybridized carbons (Fsp3) is 0.133. The van der Waals surface area contributed by atoms with Crippen molar-refractivity contribution in [1.82, 2.24) is 4.72 Å². The fourth-order valence-corrected chi connectivity index (χ4v) is 2.15. The highest BCUT2D eigenvalue weighted by atomic mass is 32.2. The number of carbonyl (C=O) groups is 1. The topological polar surface area (TPSA) is 75.3 Å². The molecule has 2 aromatic rings. The van der Waals surface area contributed by atoms with Gasteiger partial charge in [0.05, 0.1) is 6.26 Å². The molecule has 0 saturated heterocycles. The zero-order chi connectivity index (χ0) is 16.2. The van der Waals surface area contributed by atoms with Crippen molar-refractivity contribution < 1.29 is 17.6 Å². The zero-order valence-electron chi connectivity index (χ0n) is 11.8. The molecule has 22 heavy (non-hydrogen) atoms. The molecule has 0 spiro atoms. The summed E-state index contributed by atoms with van der Waals surface area (Å²) in [5.74, 6) is -0.699. The molecular weight excluding hydrogens is 307 g/mol. The first-order valence-electron chi connectivity index (χ1n) is 6.44. The SMILES string of the molecule is CS(=O)(=O)NCc1ccc(C(=O)Nc2ccc(F)cc2)cc1. The zero-order valence-corrected chi connectivity index (χ0v) is 12.7. The Morgan fingerprint density at radius 3 is 2.18 bits per heavy atom. The largest absolute Gasteiger partial charge is 0.322 e. The van der Waals surface area contributed by atoms with E-state index >= 15 is 0 Å². The second-order valence-corrected chi connectivity index (χ2v) is 6.58. The van der Waals surface area contributed by atoms with Gasteiger partial charge in [0, 0.05) is 17.8 Å². The lowest BCUT2D eigenvalue weighted by molar-refractivity contribution is 0.102. The lowest BCUT2D eigenvalue weighted by Crippen LogP contribution is -2.21. The molecular formula is C15H15FN2O3S. The Bertz CT molecular complexity index is 756. The second-order valence-electron chi connectivity index (χ2n) is 4.75. The van der Waals surface area contributed by atoms with Gasteiger partial charge in [-0.3, -0.25) is 4.79 Å². The number of anilines is 1. The van der Waals surface area contributed by atoms with Crippen LogP contribution in [-0.2, 0) is 16.6 Å². The molecule has 0 aliphatic rings. The van der Waals surface area contributed by atoms with Crippen LogP contribution >= 0.6 is 0 Å². The van der Waals surface area contributed by atoms with Crippen molar-refractivity contribution in [2.75, 3.05) is 11.6 Å². The quantitative estimate of drug-likeness (QED) is 0.885. The van der Waals surface area contributed by atoms with E-state index < -0.39 is 10.0 Å². The predicted octanol–water partition coefficient (Wildman–Crippen LogP) is 2.13. The van der Waals surface area contributed by atoms with Gasteiger partial charge in [-0.05, 0) is 42.0 Å². The van der Waals surface area contributed by atoms with Crippen molar-refractivity contribution in [2.45, 2.75) is 6.54 Å². The van der Waals surface area contributed by atoms with E-state index in [9.17, 15) is 17.6 Å². The Morgan fingerprint density at radius 2 is 1.64 bits per heavy atom. The molecule has 0 aromatic heterocycles. The van der Waals surface area contributed by atoms with E-state index in [0.29, 0.717) is 11.3 Å². The molecule has 0 heterocycles. The minimum Gasteiger partial charge on any atom is -0.322 e. The maximum Gasteiger partial charge on any atom is 0.255 e. The van der Waals surface area contributed by atoms with Crippen LogP contribution in [0.15, 0.2) is 48.5 Å². The van der Waals surface area contributed by atoms with Gasteiger partial charge in [-0.15, -0.1) is 0 Å². The smallest absolute Gasteiger partial charge is 0.255 e. The second kappa shape index (κ2) is 6.67. The van der Waals surface area contributed by atoms with Gasteiger partial charge < -0.3 is 5.32 Å². The Kier molecular flexibility index (Phi) is 4.89. The van der Waals surface area contributed by atoms with Gasteiger partial charge in [0.1, 0.15) is 5.82 Å². The van der Waals surface area contributed by atoms with Crippen LogP contribution in [0.1, 0.15) is 15.9 Å². The summed E-state index contributed by atoms with van der Waals surface area (Å²) in [6, 6.07) is 12.0. The standard InChI is InChI=1S/C15H15FN2O3S/c1-22(20,21)17-10-11-2-4-12(5-3-11)15(19)18-14-8-6-13(16)7-9-14/h2-9,17H,10H2,1H3,(H,18,19). The normalized spacial score (nSPS) is 11.2. The molecule has 0 bridgehead atoms. The van der Waals surface area contributed by atoms with Gasteiger partial charge in [-0.1, -0.05) is 12.1 Å². The minimum absolute atomic E-state index is 0.165. The summed E-state index contributed by atoms with van der Waals surface area (Å²) in [6.07, 6.45) is 1.08. The molecule has 2 rings (SSSR count). The van der Waals surface area contributed by atoms with E-state index in [1.807, 2.05) is 0 Å². The Morgan fingerprint density at radius 1 is 1.05 bits per heavy atom. The number of carbonyl (C=O) groups excluding carboxylic acids is 1. The van der Waals surface area contributed by atoms with E-state index in [2.05, 4.69) is 10.0 Å². The molecule has 116 valence electrons. The van der Waals surface area contributed by atoms with E-state index in [1.165, 1.54) is 24.3 Å². The van der Waals surface area contributed by atoms with Crippen LogP contribution in [-0.4, -0.2) is 20.6 Å². The number of halogens is 1. The lowest BCUT2D eigenvalue weighted by atomic mass is 10.1. The van der Waals surface area contributed by atoms with Gasteiger partial charge in [0.25, 0.3) is 5.91 Å². The number of sulfonamides is 1. The van der Waals surface area contributed by atoms with Crippen LogP contribution in [0.25, 0.3) is 0 Å². The highest BCUT2D eigenvalue weighted by molar-refractivity contribution is 7.88. The van der Waals surface area contributed by atoms with E-state index in [0.717, 1.165) is 11.8 Å². The van der Waals surface area contributed by atoms with Crippen LogP contribution in [0.2, 0.25) is 0 Å². The van der Waals surface area contributed by atoms with Gasteiger partial charge in [-0.25, -0.2) is 17.5 Å². The van der Waals surface area contributed by atoms with Crippen molar-refractivity contribution in [2.24, 2.45) is 0 Å². The molecule has 0 unspecified atom stereocenters. The fourth-order valence-electron chi connectivity index (χ4n) is 1.72. The van der Waals surface area contributed by atoms with Crippen molar-refractivity contribution in [1.29, 1.82) is 0 Å². The summed E-state index contributed by atoms with van der Waals surface area (Å²) < 4.78 is 37.2. The molecule has 0 atom stereocenters. The van der Waals surface area contributed by atoms with E-state index in [4.69, 9.17) is 0 Å². The van der Waals surface area contributed by atoms with Crippen molar-refractivity contribution in [3.8, 4) is 0 Å². The summed E-state index contributed by atoms with van der Waals surface area (Å²) in [5, 5.41) is 2.64. The predicted molar refractivity (Wildman–Crippen MR) is 82.5 cm³/mol. The first-order valence-corrected chi connectivity index (χ1v) is 8.33. The summed E-state index contributed by atoms with van der Waals surface area (Å²) >= 11 is 0. The van der Waals surface area contributed by atoms with Crippen LogP contribution in [0.3, 0.4) is 0 Å². The number of hydrogen-bond donors (Lipinski definition) is 2. The summed E-state index contributed by atoms with van der Waals surface area (Å²) in [6.45, 7) is 0.165. The van der Waals surface area contributed by atoms with E-state index in [-0.39, 0.29) is 18.3 Å². The van der Waals surface area contributed by atoms with Crippen LogP contribution in [0.4, 0.5) is 10.1 Å². The van der Waals surface area contributed by atoms with Gasteiger partial charge in [0.2, 0.25) is 10.0 Å². The molecule has 0 fully saturated rings. The summed E-state index contributed by atoms with van der Waals surface area (Å²) in [7, 11) is -3.25. The molecule has 2 aromatic carbocycles. The average Bonchev–Trinajstić information content (AvgIpc) is 2.47. The highest BCUT2D eigenvalue weighted by Gasteiger charge is 2.07. The van der Waals surface area contributed by atoms with Crippen LogP contribution < -0.4 is 10.0 Å². The maximum absolute atomic E-state index is 12.8. The van der Waals surface area contributed by atoms with Gasteiger partial charge in [0.15, 0.2) is 0 Å². The summed E-state index contributed by atoms with van der Waals surface area (Å²) in [4.78, 5) is 12.0. The molecule has 7 heteroatoms. The monoisotopic (exact) mass is 322 g/mol. The molecule has 0 aliphatic heterocycles. The molecule has 2 N–H and O–H groups in total. The number of hydrogen-bond acceptors (Lipinski definition) is 3.